The van der Waals surface area contributed by atoms with Crippen LogP contribution < -0.4 is 0 Å². The molecular weight excluding hydrogens is 390 g/mol. The Kier molecular flexibility index (Phi) is 4.53. The third-order valence-corrected chi connectivity index (χ3v) is 4.80. The molecule has 18 heavy (non-hydrogen) atoms. The van der Waals surface area contributed by atoms with Crippen LogP contribution in [-0.2, 0) is 6.42 Å². The SMILES string of the molecule is OC(Cc1c(F)ccc(Br)c1F)c1ccc(Br)s1. The molecule has 1 heterocycles. The Morgan fingerprint density at radius 3 is 2.50 bits per heavy atom. The molecule has 0 aliphatic carbocycles. The van der Waals surface area contributed by atoms with Crippen LogP contribution in [0.2, 0.25) is 0 Å². The van der Waals surface area contributed by atoms with Crippen molar-refractivity contribution in [2.45, 2.75) is 12.5 Å². The lowest BCUT2D eigenvalue weighted by atomic mass is 10.1. The van der Waals surface area contributed by atoms with Gasteiger partial charge in [-0.25, -0.2) is 8.78 Å². The van der Waals surface area contributed by atoms with Gasteiger partial charge in [0.2, 0.25) is 0 Å². The van der Waals surface area contributed by atoms with E-state index in [2.05, 4.69) is 31.9 Å². The summed E-state index contributed by atoms with van der Waals surface area (Å²) in [5.41, 5.74) is -0.110. The Labute approximate surface area is 124 Å². The number of thiophene rings is 1. The fraction of sp³-hybridized carbons (Fsp3) is 0.167. The fourth-order valence-electron chi connectivity index (χ4n) is 1.56. The minimum absolute atomic E-state index is 0.0932. The molecule has 1 atom stereocenters. The number of rotatable bonds is 3. The van der Waals surface area contributed by atoms with Gasteiger partial charge in [-0.1, -0.05) is 0 Å². The van der Waals surface area contributed by atoms with Crippen molar-refractivity contribution in [3.8, 4) is 0 Å². The van der Waals surface area contributed by atoms with Crippen LogP contribution in [0, 0.1) is 11.6 Å². The van der Waals surface area contributed by atoms with Crippen LogP contribution in [0.4, 0.5) is 8.78 Å². The van der Waals surface area contributed by atoms with Gasteiger partial charge >= 0.3 is 0 Å². The Morgan fingerprint density at radius 1 is 1.17 bits per heavy atom. The second-order valence-corrected chi connectivity index (χ2v) is 7.03. The smallest absolute Gasteiger partial charge is 0.143 e. The first-order chi connectivity index (χ1) is 8.49. The Hall–Kier alpha value is -0.300. The van der Waals surface area contributed by atoms with Gasteiger partial charge in [-0.15, -0.1) is 11.3 Å². The average molecular weight is 398 g/mol. The Balaban J connectivity index is 2.27. The predicted molar refractivity (Wildman–Crippen MR) is 74.7 cm³/mol. The summed E-state index contributed by atoms with van der Waals surface area (Å²) in [6.45, 7) is 0. The molecule has 0 saturated carbocycles. The lowest BCUT2D eigenvalue weighted by Gasteiger charge is -2.11. The number of aliphatic hydroxyl groups excluding tert-OH is 1. The summed E-state index contributed by atoms with van der Waals surface area (Å²) in [7, 11) is 0. The molecule has 0 spiro atoms. The number of hydrogen-bond acceptors (Lipinski definition) is 2. The van der Waals surface area contributed by atoms with Crippen molar-refractivity contribution in [2.75, 3.05) is 0 Å². The molecule has 2 rings (SSSR count). The van der Waals surface area contributed by atoms with E-state index in [1.165, 1.54) is 23.5 Å². The molecule has 0 aliphatic rings. The Morgan fingerprint density at radius 2 is 1.89 bits per heavy atom. The number of aliphatic hydroxyl groups is 1. The Bertz CT molecular complexity index is 571. The van der Waals surface area contributed by atoms with E-state index in [9.17, 15) is 13.9 Å². The van der Waals surface area contributed by atoms with E-state index in [0.29, 0.717) is 4.88 Å². The highest BCUT2D eigenvalue weighted by molar-refractivity contribution is 9.11. The molecular formula is C12H8Br2F2OS. The second kappa shape index (κ2) is 5.77. The molecule has 6 heteroatoms. The third kappa shape index (κ3) is 2.99. The van der Waals surface area contributed by atoms with Gasteiger partial charge in [0.05, 0.1) is 14.4 Å². The third-order valence-electron chi connectivity index (χ3n) is 2.46. The molecule has 0 saturated heterocycles. The number of halogens is 4. The summed E-state index contributed by atoms with van der Waals surface area (Å²) in [4.78, 5) is 0.667. The summed E-state index contributed by atoms with van der Waals surface area (Å²) in [6.07, 6.45) is -1.01. The quantitative estimate of drug-likeness (QED) is 0.735. The zero-order chi connectivity index (χ0) is 13.3. The molecule has 1 N–H and O–H groups in total. The molecule has 1 aromatic carbocycles. The van der Waals surface area contributed by atoms with Crippen LogP contribution >= 0.6 is 43.2 Å². The van der Waals surface area contributed by atoms with Crippen LogP contribution in [-0.4, -0.2) is 5.11 Å². The van der Waals surface area contributed by atoms with Crippen LogP contribution in [0.15, 0.2) is 32.5 Å². The lowest BCUT2D eigenvalue weighted by molar-refractivity contribution is 0.179. The average Bonchev–Trinajstić information content (AvgIpc) is 2.76. The van der Waals surface area contributed by atoms with Crippen molar-refractivity contribution in [3.05, 3.63) is 54.6 Å². The zero-order valence-electron chi connectivity index (χ0n) is 8.96. The summed E-state index contributed by atoms with van der Waals surface area (Å²) in [6, 6.07) is 6.01. The van der Waals surface area contributed by atoms with E-state index in [1.54, 1.807) is 12.1 Å². The number of benzene rings is 1. The molecule has 0 fully saturated rings. The largest absolute Gasteiger partial charge is 0.387 e. The van der Waals surface area contributed by atoms with Crippen molar-refractivity contribution in [1.29, 1.82) is 0 Å². The first-order valence-electron chi connectivity index (χ1n) is 5.04. The molecule has 1 aromatic heterocycles. The first-order valence-corrected chi connectivity index (χ1v) is 7.45. The van der Waals surface area contributed by atoms with E-state index in [-0.39, 0.29) is 16.5 Å². The topological polar surface area (TPSA) is 20.2 Å². The van der Waals surface area contributed by atoms with Crippen LogP contribution in [0.3, 0.4) is 0 Å². The van der Waals surface area contributed by atoms with E-state index in [1.807, 2.05) is 0 Å². The lowest BCUT2D eigenvalue weighted by Crippen LogP contribution is -2.05. The summed E-state index contributed by atoms with van der Waals surface area (Å²) < 4.78 is 28.3. The van der Waals surface area contributed by atoms with Crippen LogP contribution in [0.25, 0.3) is 0 Å². The highest BCUT2D eigenvalue weighted by Crippen LogP contribution is 2.31. The summed E-state index contributed by atoms with van der Waals surface area (Å²) in [5.74, 6) is -1.31. The van der Waals surface area contributed by atoms with Crippen molar-refractivity contribution in [1.82, 2.24) is 0 Å². The molecule has 0 radical (unpaired) electrons. The van der Waals surface area contributed by atoms with Crippen LogP contribution in [0.5, 0.6) is 0 Å². The first kappa shape index (κ1) is 14.1. The molecule has 0 bridgehead atoms. The van der Waals surface area contributed by atoms with Gasteiger partial charge in [0.1, 0.15) is 11.6 Å². The van der Waals surface area contributed by atoms with Gasteiger partial charge in [-0.3, -0.25) is 0 Å². The normalized spacial score (nSPS) is 12.7. The highest BCUT2D eigenvalue weighted by atomic mass is 79.9. The van der Waals surface area contributed by atoms with E-state index < -0.39 is 17.7 Å². The van der Waals surface area contributed by atoms with Crippen molar-refractivity contribution in [3.63, 3.8) is 0 Å². The maximum atomic E-state index is 13.7. The molecule has 1 nitrogen and oxygen atoms in total. The van der Waals surface area contributed by atoms with E-state index in [0.717, 1.165) is 3.79 Å². The molecule has 1 unspecified atom stereocenters. The van der Waals surface area contributed by atoms with Gasteiger partial charge in [0.25, 0.3) is 0 Å². The molecule has 96 valence electrons. The molecule has 2 aromatic rings. The minimum atomic E-state index is -0.917. The standard InChI is InChI=1S/C12H8Br2F2OS/c13-7-1-2-8(15)6(12(7)16)5-9(17)10-3-4-11(14)18-10/h1-4,9,17H,5H2. The van der Waals surface area contributed by atoms with Gasteiger partial charge in [0, 0.05) is 16.9 Å². The van der Waals surface area contributed by atoms with Crippen molar-refractivity contribution < 1.29 is 13.9 Å². The number of hydrogen-bond donors (Lipinski definition) is 1. The van der Waals surface area contributed by atoms with Gasteiger partial charge < -0.3 is 5.11 Å². The van der Waals surface area contributed by atoms with E-state index in [4.69, 9.17) is 0 Å². The maximum Gasteiger partial charge on any atom is 0.143 e. The minimum Gasteiger partial charge on any atom is -0.387 e. The van der Waals surface area contributed by atoms with Crippen molar-refractivity contribution >= 4 is 43.2 Å². The van der Waals surface area contributed by atoms with Crippen LogP contribution in [0.1, 0.15) is 16.5 Å². The van der Waals surface area contributed by atoms with Crippen molar-refractivity contribution in [2.24, 2.45) is 0 Å². The summed E-state index contributed by atoms with van der Waals surface area (Å²) >= 11 is 7.62. The maximum absolute atomic E-state index is 13.7. The van der Waals surface area contributed by atoms with E-state index >= 15 is 0 Å². The second-order valence-electron chi connectivity index (χ2n) is 3.68. The van der Waals surface area contributed by atoms with Gasteiger partial charge in [0.15, 0.2) is 0 Å². The fourth-order valence-corrected chi connectivity index (χ4v) is 3.34. The molecule has 0 amide bonds. The van der Waals surface area contributed by atoms with Gasteiger partial charge in [-0.05, 0) is 56.1 Å². The van der Waals surface area contributed by atoms with Gasteiger partial charge in [-0.2, -0.15) is 0 Å². The zero-order valence-corrected chi connectivity index (χ0v) is 12.9. The molecule has 0 aliphatic heterocycles. The monoisotopic (exact) mass is 396 g/mol. The highest BCUT2D eigenvalue weighted by Gasteiger charge is 2.18. The summed E-state index contributed by atoms with van der Waals surface area (Å²) in [5, 5.41) is 9.97. The predicted octanol–water partition coefficient (Wildman–Crippen LogP) is 4.83.